The molecule has 0 bridgehead atoms. The summed E-state index contributed by atoms with van der Waals surface area (Å²) in [6.07, 6.45) is -11.4. The zero-order chi connectivity index (χ0) is 25.4. The van der Waals surface area contributed by atoms with Crippen LogP contribution in [0.3, 0.4) is 0 Å². The van der Waals surface area contributed by atoms with Gasteiger partial charge in [-0.3, -0.25) is 0 Å². The van der Waals surface area contributed by atoms with Gasteiger partial charge in [-0.2, -0.15) is 0 Å². The molecule has 12 nitrogen and oxygen atoms in total. The van der Waals surface area contributed by atoms with Gasteiger partial charge in [0, 0.05) is 11.0 Å². The lowest BCUT2D eigenvalue weighted by molar-refractivity contribution is -0.326. The van der Waals surface area contributed by atoms with Gasteiger partial charge in [-0.15, -0.1) is 0 Å². The van der Waals surface area contributed by atoms with Crippen molar-refractivity contribution in [3.05, 3.63) is 23.3 Å². The summed E-state index contributed by atoms with van der Waals surface area (Å²) in [5.41, 5.74) is 0.550. The monoisotopic (exact) mass is 490 g/mol. The predicted molar refractivity (Wildman–Crippen MR) is 113 cm³/mol. The molecular formula is C22H34O12. The Hall–Kier alpha value is -1.45. The van der Waals surface area contributed by atoms with Crippen molar-refractivity contribution in [1.82, 2.24) is 0 Å². The second-order valence-corrected chi connectivity index (χ2v) is 9.50. The summed E-state index contributed by atoms with van der Waals surface area (Å²) in [5, 5.41) is 70.0. The standard InChI is InChI=1S/C22H34O12/c1-9-5-4-6-22(2,3)12(9)19(30)34-21-18(29)16(27)14(25)11(33-21)8-31-20-17(28)15(26)13(24)10(7-23)32-20/h4-5,10-11,13-18,20-21,23-29H,6-8H2,1-3H3/t10-,11-,13-,14-,15+,16+,17-,18-,20-,21+/m1/s1. The van der Waals surface area contributed by atoms with Gasteiger partial charge in [-0.05, 0) is 18.9 Å². The van der Waals surface area contributed by atoms with E-state index in [9.17, 15) is 40.5 Å². The average Bonchev–Trinajstić information content (AvgIpc) is 2.77. The minimum absolute atomic E-state index is 0.389. The molecule has 3 rings (SSSR count). The van der Waals surface area contributed by atoms with E-state index in [-0.39, 0.29) is 0 Å². The fraction of sp³-hybridized carbons (Fsp3) is 0.773. The van der Waals surface area contributed by atoms with Crippen LogP contribution in [0.4, 0.5) is 0 Å². The summed E-state index contributed by atoms with van der Waals surface area (Å²) in [7, 11) is 0. The molecule has 0 spiro atoms. The Bertz CT molecular complexity index is 793. The number of hydrogen-bond donors (Lipinski definition) is 7. The number of rotatable bonds is 6. The number of esters is 1. The highest BCUT2D eigenvalue weighted by Crippen LogP contribution is 2.38. The van der Waals surface area contributed by atoms with Crippen LogP contribution in [-0.4, -0.2) is 116 Å². The second kappa shape index (κ2) is 10.7. The number of allylic oxidation sites excluding steroid dienone is 3. The van der Waals surface area contributed by atoms with E-state index in [1.54, 1.807) is 13.0 Å². The number of hydrogen-bond acceptors (Lipinski definition) is 12. The molecule has 2 heterocycles. The number of aliphatic hydroxyl groups excluding tert-OH is 7. The van der Waals surface area contributed by atoms with Crippen LogP contribution in [0, 0.1) is 5.41 Å². The van der Waals surface area contributed by atoms with E-state index in [1.165, 1.54) is 0 Å². The van der Waals surface area contributed by atoms with E-state index in [2.05, 4.69) is 0 Å². The van der Waals surface area contributed by atoms with Crippen LogP contribution >= 0.6 is 0 Å². The second-order valence-electron chi connectivity index (χ2n) is 9.50. The molecular weight excluding hydrogens is 456 g/mol. The van der Waals surface area contributed by atoms with Crippen LogP contribution in [0.15, 0.2) is 23.3 Å². The first-order chi connectivity index (χ1) is 15.9. The third-order valence-corrected chi connectivity index (χ3v) is 6.44. The highest BCUT2D eigenvalue weighted by atomic mass is 16.7. The molecule has 12 heteroatoms. The maximum atomic E-state index is 12.9. The van der Waals surface area contributed by atoms with Gasteiger partial charge in [0.2, 0.25) is 6.29 Å². The summed E-state index contributed by atoms with van der Waals surface area (Å²) in [6.45, 7) is 4.31. The molecule has 2 fully saturated rings. The van der Waals surface area contributed by atoms with E-state index >= 15 is 0 Å². The van der Waals surface area contributed by atoms with Crippen LogP contribution < -0.4 is 0 Å². The van der Waals surface area contributed by atoms with Crippen molar-refractivity contribution in [3.8, 4) is 0 Å². The lowest BCUT2D eigenvalue weighted by atomic mass is 9.76. The van der Waals surface area contributed by atoms with Crippen molar-refractivity contribution in [1.29, 1.82) is 0 Å². The van der Waals surface area contributed by atoms with Gasteiger partial charge < -0.3 is 54.7 Å². The first kappa shape index (κ1) is 27.1. The van der Waals surface area contributed by atoms with E-state index in [1.807, 2.05) is 19.9 Å². The molecule has 3 aliphatic rings. The van der Waals surface area contributed by atoms with Crippen molar-refractivity contribution in [3.63, 3.8) is 0 Å². The van der Waals surface area contributed by atoms with Crippen molar-refractivity contribution in [2.45, 2.75) is 88.6 Å². The number of ether oxygens (including phenoxy) is 4. The lowest BCUT2D eigenvalue weighted by Gasteiger charge is -2.42. The number of carbonyl (C=O) groups excluding carboxylic acids is 1. The largest absolute Gasteiger partial charge is 0.429 e. The van der Waals surface area contributed by atoms with Gasteiger partial charge in [0.25, 0.3) is 0 Å². The van der Waals surface area contributed by atoms with Gasteiger partial charge in [-0.1, -0.05) is 26.0 Å². The molecule has 34 heavy (non-hydrogen) atoms. The van der Waals surface area contributed by atoms with Crippen molar-refractivity contribution >= 4 is 5.97 Å². The molecule has 0 aromatic carbocycles. The molecule has 2 aliphatic heterocycles. The maximum Gasteiger partial charge on any atom is 0.337 e. The van der Waals surface area contributed by atoms with E-state index in [4.69, 9.17) is 18.9 Å². The summed E-state index contributed by atoms with van der Waals surface area (Å²) in [5.74, 6) is -0.743. The van der Waals surface area contributed by atoms with Gasteiger partial charge in [0.05, 0.1) is 13.2 Å². The van der Waals surface area contributed by atoms with Gasteiger partial charge >= 0.3 is 5.97 Å². The Labute approximate surface area is 196 Å². The Morgan fingerprint density at radius 2 is 1.50 bits per heavy atom. The topological polar surface area (TPSA) is 196 Å². The quantitative estimate of drug-likeness (QED) is 0.193. The van der Waals surface area contributed by atoms with Gasteiger partial charge in [0.1, 0.15) is 48.8 Å². The Morgan fingerprint density at radius 3 is 2.09 bits per heavy atom. The Kier molecular flexibility index (Phi) is 8.51. The molecule has 0 amide bonds. The van der Waals surface area contributed by atoms with Crippen LogP contribution in [-0.2, 0) is 23.7 Å². The first-order valence-corrected chi connectivity index (χ1v) is 11.1. The van der Waals surface area contributed by atoms with Gasteiger partial charge in [-0.25, -0.2) is 4.79 Å². The SMILES string of the molecule is CC1=C(C(=O)O[C@@H]2O[C@H](CO[C@@H]3O[C@H](CO)[C@@H](O)[C@H](O)[C@H]3O)[C@@H](O)[C@H](O)[C@H]2O)C(C)(C)CC=C1. The molecule has 0 unspecified atom stereocenters. The third-order valence-electron chi connectivity index (χ3n) is 6.44. The fourth-order valence-corrected chi connectivity index (χ4v) is 4.40. The molecule has 0 saturated carbocycles. The van der Waals surface area contributed by atoms with Crippen molar-refractivity contribution in [2.24, 2.45) is 5.41 Å². The predicted octanol–water partition coefficient (Wildman–Crippen LogP) is -2.54. The number of carbonyl (C=O) groups is 1. The van der Waals surface area contributed by atoms with E-state index in [0.29, 0.717) is 17.6 Å². The van der Waals surface area contributed by atoms with Crippen LogP contribution in [0.5, 0.6) is 0 Å². The minimum Gasteiger partial charge on any atom is -0.429 e. The normalized spacial score (nSPS) is 42.5. The molecule has 194 valence electrons. The summed E-state index contributed by atoms with van der Waals surface area (Å²) in [6, 6.07) is 0. The molecule has 1 aliphatic carbocycles. The molecule has 2 saturated heterocycles. The summed E-state index contributed by atoms with van der Waals surface area (Å²) in [4.78, 5) is 12.9. The fourth-order valence-electron chi connectivity index (χ4n) is 4.40. The van der Waals surface area contributed by atoms with Crippen LogP contribution in [0.2, 0.25) is 0 Å². The Morgan fingerprint density at radius 1 is 0.941 bits per heavy atom. The molecule has 0 radical (unpaired) electrons. The van der Waals surface area contributed by atoms with E-state index in [0.717, 1.165) is 0 Å². The zero-order valence-electron chi connectivity index (χ0n) is 19.2. The highest BCUT2D eigenvalue weighted by Gasteiger charge is 2.48. The molecule has 7 N–H and O–H groups in total. The van der Waals surface area contributed by atoms with E-state index < -0.39 is 86.0 Å². The summed E-state index contributed by atoms with van der Waals surface area (Å²) >= 11 is 0. The van der Waals surface area contributed by atoms with Crippen molar-refractivity contribution in [2.75, 3.05) is 13.2 Å². The summed E-state index contributed by atoms with van der Waals surface area (Å²) < 4.78 is 21.5. The minimum atomic E-state index is -1.75. The first-order valence-electron chi connectivity index (χ1n) is 11.1. The number of aliphatic hydroxyl groups is 7. The smallest absolute Gasteiger partial charge is 0.337 e. The van der Waals surface area contributed by atoms with Crippen LogP contribution in [0.1, 0.15) is 27.2 Å². The molecule has 0 aromatic rings. The van der Waals surface area contributed by atoms with Gasteiger partial charge in [0.15, 0.2) is 6.29 Å². The molecule has 10 atom stereocenters. The molecule has 0 aromatic heterocycles. The van der Waals surface area contributed by atoms with Crippen molar-refractivity contribution < 1.29 is 59.5 Å². The van der Waals surface area contributed by atoms with Crippen LogP contribution in [0.25, 0.3) is 0 Å². The lowest BCUT2D eigenvalue weighted by Crippen LogP contribution is -2.62. The zero-order valence-corrected chi connectivity index (χ0v) is 19.2. The average molecular weight is 491 g/mol. The maximum absolute atomic E-state index is 12.9. The Balaban J connectivity index is 1.68. The third kappa shape index (κ3) is 5.36. The highest BCUT2D eigenvalue weighted by molar-refractivity contribution is 5.91.